The number of carbonyl (C=O) groups is 7. The molecule has 23 N–H and O–H groups in total. The van der Waals surface area contributed by atoms with Gasteiger partial charge >= 0.3 is 0 Å². The van der Waals surface area contributed by atoms with Crippen LogP contribution in [0.15, 0.2) is 182 Å². The SMILES string of the molecule is N=C(N)NCCC[C@H]1NC(=O)[C@H](C(c2ccccc2)c2ccccc2)NC(=O)[C@H](C(c2ccccc2)c2ccccc2)NC(=O)[C@H](C(c2ccccc2)c2ccccc2)NC(=O)[C@@H](CCCNC(=N)N)NC(=O)[C@@H](CCCNC(=N)N)NC(=O)[C@@H](CCCNC(=N)N)NC1=O. The van der Waals surface area contributed by atoms with Gasteiger partial charge in [-0.2, -0.15) is 0 Å². The Kier molecular flexibility index (Phi) is 27.4. The minimum Gasteiger partial charge on any atom is -0.370 e. The summed E-state index contributed by atoms with van der Waals surface area (Å²) in [6.45, 7) is 0.304. The maximum absolute atomic E-state index is 16.5. The predicted molar refractivity (Wildman–Crippen MR) is 364 cm³/mol. The van der Waals surface area contributed by atoms with Crippen LogP contribution < -0.4 is 81.4 Å². The van der Waals surface area contributed by atoms with Crippen LogP contribution in [0.5, 0.6) is 0 Å². The first kappa shape index (κ1) is 71.1. The number of nitrogens with one attached hydrogen (secondary N) is 15. The number of benzene rings is 6. The molecule has 6 aromatic carbocycles. The first-order valence-electron chi connectivity index (χ1n) is 31.6. The van der Waals surface area contributed by atoms with Gasteiger partial charge in [0.1, 0.15) is 42.3 Å². The van der Waals surface area contributed by atoms with E-state index in [2.05, 4.69) is 58.5 Å². The second-order valence-corrected chi connectivity index (χ2v) is 23.0. The van der Waals surface area contributed by atoms with Crippen molar-refractivity contribution in [3.8, 4) is 0 Å². The largest absolute Gasteiger partial charge is 0.370 e. The van der Waals surface area contributed by atoms with Gasteiger partial charge in [0.15, 0.2) is 23.8 Å². The van der Waals surface area contributed by atoms with Gasteiger partial charge in [-0.05, 0) is 84.7 Å². The van der Waals surface area contributed by atoms with Crippen molar-refractivity contribution in [1.29, 1.82) is 21.6 Å². The first-order valence-corrected chi connectivity index (χ1v) is 31.6. The van der Waals surface area contributed by atoms with E-state index < -0.39 is 101 Å². The van der Waals surface area contributed by atoms with Crippen LogP contribution in [0.25, 0.3) is 0 Å². The maximum atomic E-state index is 16.5. The van der Waals surface area contributed by atoms with Crippen molar-refractivity contribution in [3.63, 3.8) is 0 Å². The summed E-state index contributed by atoms with van der Waals surface area (Å²) in [4.78, 5) is 110. The van der Waals surface area contributed by atoms with E-state index in [4.69, 9.17) is 44.6 Å². The minimum absolute atomic E-state index is 0.0748. The predicted octanol–water partition coefficient (Wildman–Crippen LogP) is 1.94. The van der Waals surface area contributed by atoms with E-state index in [0.717, 1.165) is 0 Å². The Morgan fingerprint density at radius 1 is 0.284 bits per heavy atom. The highest BCUT2D eigenvalue weighted by Gasteiger charge is 2.43. The zero-order valence-electron chi connectivity index (χ0n) is 52.7. The summed E-state index contributed by atoms with van der Waals surface area (Å²) in [6.07, 6.45) is 0.0577. The second kappa shape index (κ2) is 36.7. The minimum atomic E-state index is -1.62. The van der Waals surface area contributed by atoms with E-state index in [-0.39, 0.29) is 101 Å². The molecule has 0 spiro atoms. The van der Waals surface area contributed by atoms with Crippen LogP contribution in [0, 0.1) is 21.6 Å². The molecule has 500 valence electrons. The van der Waals surface area contributed by atoms with E-state index in [1.807, 2.05) is 36.4 Å². The molecule has 7 amide bonds. The highest BCUT2D eigenvalue weighted by Crippen LogP contribution is 2.34. The molecule has 1 aliphatic heterocycles. The summed E-state index contributed by atoms with van der Waals surface area (Å²) >= 11 is 0. The molecular weight excluding hydrogens is 1210 g/mol. The fourth-order valence-corrected chi connectivity index (χ4v) is 11.6. The Morgan fingerprint density at radius 2 is 0.453 bits per heavy atom. The molecule has 7 atom stereocenters. The number of hydrogen-bond acceptors (Lipinski definition) is 11. The van der Waals surface area contributed by atoms with Crippen molar-refractivity contribution in [2.75, 3.05) is 26.2 Å². The normalized spacial score (nSPS) is 19.2. The molecule has 26 nitrogen and oxygen atoms in total. The fraction of sp³-hybridized carbons (Fsp3) is 0.319. The Balaban J connectivity index is 1.50. The third kappa shape index (κ3) is 21.9. The van der Waals surface area contributed by atoms with Crippen LogP contribution in [0.2, 0.25) is 0 Å². The molecule has 0 aliphatic carbocycles. The van der Waals surface area contributed by atoms with E-state index in [1.165, 1.54) is 0 Å². The van der Waals surface area contributed by atoms with Gasteiger partial charge in [0.2, 0.25) is 41.4 Å². The number of hydrogen-bond donors (Lipinski definition) is 19. The highest BCUT2D eigenvalue weighted by atomic mass is 16.2. The van der Waals surface area contributed by atoms with Gasteiger partial charge in [-0.25, -0.2) is 0 Å². The van der Waals surface area contributed by atoms with E-state index in [0.29, 0.717) is 33.4 Å². The van der Waals surface area contributed by atoms with E-state index in [1.54, 1.807) is 146 Å². The third-order valence-electron chi connectivity index (χ3n) is 16.2. The molecule has 0 saturated carbocycles. The lowest BCUT2D eigenvalue weighted by Gasteiger charge is -2.35. The summed E-state index contributed by atoms with van der Waals surface area (Å²) in [5.74, 6) is -10.4. The molecule has 0 aromatic heterocycles. The van der Waals surface area contributed by atoms with Gasteiger partial charge in [-0.15, -0.1) is 0 Å². The smallest absolute Gasteiger partial charge is 0.244 e. The van der Waals surface area contributed by atoms with Crippen LogP contribution in [0.4, 0.5) is 0 Å². The van der Waals surface area contributed by atoms with Crippen LogP contribution >= 0.6 is 0 Å². The third-order valence-corrected chi connectivity index (χ3v) is 16.2. The number of carbonyl (C=O) groups excluding carboxylic acids is 7. The second-order valence-electron chi connectivity index (χ2n) is 23.0. The topological polar surface area (TPSA) is 451 Å². The maximum Gasteiger partial charge on any atom is 0.244 e. The molecule has 7 rings (SSSR count). The van der Waals surface area contributed by atoms with Crippen molar-refractivity contribution < 1.29 is 33.6 Å². The van der Waals surface area contributed by atoms with Crippen LogP contribution in [0.3, 0.4) is 0 Å². The first-order chi connectivity index (χ1) is 45.9. The summed E-state index contributed by atoms with van der Waals surface area (Å²) in [6, 6.07) is 43.3. The summed E-state index contributed by atoms with van der Waals surface area (Å²) < 4.78 is 0. The summed E-state index contributed by atoms with van der Waals surface area (Å²) in [5, 5.41) is 62.8. The molecule has 1 aliphatic rings. The Hall–Kier alpha value is -11.3. The van der Waals surface area contributed by atoms with Gasteiger partial charge in [0.05, 0.1) is 0 Å². The number of amides is 7. The van der Waals surface area contributed by atoms with Gasteiger partial charge in [0.25, 0.3) is 0 Å². The quantitative estimate of drug-likeness (QED) is 0.0221. The lowest BCUT2D eigenvalue weighted by Crippen LogP contribution is -2.62. The molecular formula is C69H87N19O7. The molecule has 26 heteroatoms. The number of nitrogens with two attached hydrogens (primary N) is 4. The van der Waals surface area contributed by atoms with Crippen molar-refractivity contribution in [3.05, 3.63) is 215 Å². The monoisotopic (exact) mass is 1290 g/mol. The molecule has 0 radical (unpaired) electrons. The van der Waals surface area contributed by atoms with Crippen molar-refractivity contribution in [2.24, 2.45) is 22.9 Å². The van der Waals surface area contributed by atoms with Gasteiger partial charge in [0, 0.05) is 43.9 Å². The van der Waals surface area contributed by atoms with Crippen molar-refractivity contribution in [1.82, 2.24) is 58.5 Å². The lowest BCUT2D eigenvalue weighted by atomic mass is 9.81. The van der Waals surface area contributed by atoms with Crippen LogP contribution in [0.1, 0.15) is 103 Å². The molecule has 1 saturated heterocycles. The summed E-state index contributed by atoms with van der Waals surface area (Å²) in [7, 11) is 0. The van der Waals surface area contributed by atoms with Gasteiger partial charge < -0.3 is 81.4 Å². The number of rotatable bonds is 25. The van der Waals surface area contributed by atoms with Crippen molar-refractivity contribution >= 4 is 65.2 Å². The average Bonchev–Trinajstić information content (AvgIpc) is 0.883. The fourth-order valence-electron chi connectivity index (χ4n) is 11.6. The van der Waals surface area contributed by atoms with Crippen LogP contribution in [-0.2, 0) is 33.6 Å². The number of guanidine groups is 4. The van der Waals surface area contributed by atoms with Gasteiger partial charge in [-0.1, -0.05) is 182 Å². The molecule has 0 bridgehead atoms. The average molecular weight is 1290 g/mol. The Labute approximate surface area is 552 Å². The molecule has 1 fully saturated rings. The lowest BCUT2D eigenvalue weighted by molar-refractivity contribution is -0.135. The highest BCUT2D eigenvalue weighted by molar-refractivity contribution is 6.00. The molecule has 95 heavy (non-hydrogen) atoms. The Bertz CT molecular complexity index is 3280. The van der Waals surface area contributed by atoms with E-state index >= 15 is 33.6 Å². The van der Waals surface area contributed by atoms with Crippen LogP contribution in [-0.4, -0.2) is 134 Å². The Morgan fingerprint density at radius 3 is 0.653 bits per heavy atom. The van der Waals surface area contributed by atoms with Crippen molar-refractivity contribution in [2.45, 2.75) is 111 Å². The standard InChI is InChI=1S/C69H87N19O7/c70-66(71)78-39-19-35-49-59(89)82-50(36-20-40-79-67(72)73)60(90)84-52(38-22-42-81-69(76)77)62(92)86-57(54(45-27-11-3-12-28-45)46-29-13-4-14-30-46)64(94)88-58(55(47-31-15-5-16-32-47)48-33-17-6-18-34-48)65(95)87-56(53(43-23-7-1-8-24-43)44-25-9-2-10-26-44)63(93)85-51(61(91)83-49)37-21-41-80-68(74)75/h1-18,23-34,49-58H,19-22,35-42H2,(H,82,89)(H,83,91)(H,84,90)(H,85,93)(H,86,92)(H,87,95)(H,88,94)(H4,70,71,78)(H4,72,73,79)(H4,74,75,80)(H4,76,77,81)/t49-,50-,51-,52-,56+,57+,58+/m1/s1. The zero-order valence-corrected chi connectivity index (χ0v) is 52.7. The molecule has 1 heterocycles. The summed E-state index contributed by atoms with van der Waals surface area (Å²) in [5.41, 5.74) is 26.1. The molecule has 0 unspecified atom stereocenters. The zero-order chi connectivity index (χ0) is 68.1. The molecule has 6 aromatic rings. The van der Waals surface area contributed by atoms with Gasteiger partial charge in [-0.3, -0.25) is 55.2 Å². The van der Waals surface area contributed by atoms with E-state index in [9.17, 15) is 0 Å².